The lowest BCUT2D eigenvalue weighted by molar-refractivity contribution is 0.0529. The molecule has 2 saturated heterocycles. The van der Waals surface area contributed by atoms with Crippen LogP contribution >= 0.6 is 0 Å². The first kappa shape index (κ1) is 17.1. The summed E-state index contributed by atoms with van der Waals surface area (Å²) >= 11 is 0. The molecule has 1 aliphatic carbocycles. The van der Waals surface area contributed by atoms with Crippen LogP contribution in [0.4, 0.5) is 0 Å². The van der Waals surface area contributed by atoms with Crippen molar-refractivity contribution in [3.05, 3.63) is 23.2 Å². The van der Waals surface area contributed by atoms with E-state index in [1.165, 1.54) is 12.8 Å². The SMILES string of the molecule is Cc1cc(C(=O)N2CC[C@@]3(CN(C)C[C@H]3COCC3CC3)C2)c(C)o1. The summed E-state index contributed by atoms with van der Waals surface area (Å²) in [4.78, 5) is 17.4. The van der Waals surface area contributed by atoms with Gasteiger partial charge in [-0.15, -0.1) is 0 Å². The summed E-state index contributed by atoms with van der Waals surface area (Å²) in [5.41, 5.74) is 0.920. The molecule has 5 nitrogen and oxygen atoms in total. The number of carbonyl (C=O) groups is 1. The molecule has 3 fully saturated rings. The Kier molecular flexibility index (Phi) is 4.40. The van der Waals surface area contributed by atoms with Crippen molar-refractivity contribution in [2.75, 3.05) is 46.4 Å². The first-order valence-electron chi connectivity index (χ1n) is 9.59. The van der Waals surface area contributed by atoms with Crippen LogP contribution in [0.1, 0.15) is 41.1 Å². The van der Waals surface area contributed by atoms with Crippen LogP contribution in [-0.4, -0.2) is 62.1 Å². The van der Waals surface area contributed by atoms with Gasteiger partial charge in [-0.1, -0.05) is 0 Å². The first-order valence-corrected chi connectivity index (χ1v) is 9.59. The van der Waals surface area contributed by atoms with Crippen molar-refractivity contribution in [2.24, 2.45) is 17.3 Å². The van der Waals surface area contributed by atoms with Crippen molar-refractivity contribution in [3.8, 4) is 0 Å². The summed E-state index contributed by atoms with van der Waals surface area (Å²) in [5.74, 6) is 3.00. The second-order valence-corrected chi connectivity index (χ2v) is 8.54. The Bertz CT molecular complexity index is 651. The first-order chi connectivity index (χ1) is 12.0. The molecule has 0 radical (unpaired) electrons. The lowest BCUT2D eigenvalue weighted by Gasteiger charge is -2.30. The maximum atomic E-state index is 12.9. The summed E-state index contributed by atoms with van der Waals surface area (Å²) in [6, 6.07) is 1.87. The fourth-order valence-electron chi connectivity index (χ4n) is 4.74. The fraction of sp³-hybridized carbons (Fsp3) is 0.750. The molecule has 5 heteroatoms. The molecule has 1 saturated carbocycles. The highest BCUT2D eigenvalue weighted by Gasteiger charge is 2.50. The van der Waals surface area contributed by atoms with Crippen molar-refractivity contribution in [1.82, 2.24) is 9.80 Å². The van der Waals surface area contributed by atoms with Gasteiger partial charge in [0.1, 0.15) is 11.5 Å². The Hall–Kier alpha value is -1.33. The number of furan rings is 1. The predicted octanol–water partition coefficient (Wildman–Crippen LogP) is 2.72. The van der Waals surface area contributed by atoms with E-state index in [0.717, 1.165) is 68.8 Å². The average molecular weight is 346 g/mol. The van der Waals surface area contributed by atoms with Gasteiger partial charge in [0.15, 0.2) is 0 Å². The van der Waals surface area contributed by atoms with Gasteiger partial charge in [-0.25, -0.2) is 0 Å². The minimum absolute atomic E-state index is 0.124. The van der Waals surface area contributed by atoms with Crippen molar-refractivity contribution in [2.45, 2.75) is 33.1 Å². The molecule has 0 bridgehead atoms. The quantitative estimate of drug-likeness (QED) is 0.822. The normalized spacial score (nSPS) is 29.9. The monoisotopic (exact) mass is 346 g/mol. The van der Waals surface area contributed by atoms with Crippen molar-refractivity contribution >= 4 is 5.91 Å². The van der Waals surface area contributed by atoms with Gasteiger partial charge >= 0.3 is 0 Å². The zero-order chi connectivity index (χ0) is 17.6. The molecule has 1 spiro atoms. The summed E-state index contributed by atoms with van der Waals surface area (Å²) in [6.07, 6.45) is 3.75. The Morgan fingerprint density at radius 2 is 2.12 bits per heavy atom. The molecule has 0 N–H and O–H groups in total. The van der Waals surface area contributed by atoms with E-state index in [4.69, 9.17) is 9.15 Å². The minimum atomic E-state index is 0.124. The fourth-order valence-corrected chi connectivity index (χ4v) is 4.74. The van der Waals surface area contributed by atoms with Gasteiger partial charge in [0, 0.05) is 44.1 Å². The number of rotatable bonds is 5. The summed E-state index contributed by atoms with van der Waals surface area (Å²) < 4.78 is 11.6. The van der Waals surface area contributed by atoms with E-state index in [2.05, 4.69) is 11.9 Å². The average Bonchev–Trinajstić information content (AvgIpc) is 3.06. The number of likely N-dealkylation sites (tertiary alicyclic amines) is 2. The van der Waals surface area contributed by atoms with E-state index in [-0.39, 0.29) is 11.3 Å². The number of amides is 1. The van der Waals surface area contributed by atoms with Crippen LogP contribution in [0.2, 0.25) is 0 Å². The molecule has 1 amide bonds. The number of carbonyl (C=O) groups excluding carboxylic acids is 1. The van der Waals surface area contributed by atoms with E-state index in [0.29, 0.717) is 5.92 Å². The molecule has 2 atom stereocenters. The molecule has 0 unspecified atom stereocenters. The van der Waals surface area contributed by atoms with Crippen LogP contribution in [0.15, 0.2) is 10.5 Å². The van der Waals surface area contributed by atoms with Gasteiger partial charge in [-0.3, -0.25) is 4.79 Å². The van der Waals surface area contributed by atoms with Gasteiger partial charge < -0.3 is 19.0 Å². The molecule has 25 heavy (non-hydrogen) atoms. The summed E-state index contributed by atoms with van der Waals surface area (Å²) in [5, 5.41) is 0. The van der Waals surface area contributed by atoms with Crippen LogP contribution in [0.3, 0.4) is 0 Å². The molecule has 3 aliphatic rings. The largest absolute Gasteiger partial charge is 0.466 e. The Morgan fingerprint density at radius 1 is 1.32 bits per heavy atom. The number of hydrogen-bond acceptors (Lipinski definition) is 4. The highest BCUT2D eigenvalue weighted by molar-refractivity contribution is 5.95. The lowest BCUT2D eigenvalue weighted by atomic mass is 9.77. The second-order valence-electron chi connectivity index (χ2n) is 8.54. The number of ether oxygens (including phenoxy) is 1. The van der Waals surface area contributed by atoms with Crippen molar-refractivity contribution in [3.63, 3.8) is 0 Å². The Labute approximate surface area is 150 Å². The maximum absolute atomic E-state index is 12.9. The Morgan fingerprint density at radius 3 is 2.80 bits per heavy atom. The zero-order valence-corrected chi connectivity index (χ0v) is 15.7. The predicted molar refractivity (Wildman–Crippen MR) is 95.7 cm³/mol. The number of aryl methyl sites for hydroxylation is 2. The third-order valence-electron chi connectivity index (χ3n) is 6.30. The molecule has 1 aromatic rings. The number of hydrogen-bond donors (Lipinski definition) is 0. The van der Waals surface area contributed by atoms with Gasteiger partial charge in [0.2, 0.25) is 0 Å². The maximum Gasteiger partial charge on any atom is 0.257 e. The highest BCUT2D eigenvalue weighted by atomic mass is 16.5. The van der Waals surface area contributed by atoms with Crippen LogP contribution in [-0.2, 0) is 4.74 Å². The smallest absolute Gasteiger partial charge is 0.257 e. The molecular weight excluding hydrogens is 316 g/mol. The molecule has 138 valence electrons. The number of nitrogens with zero attached hydrogens (tertiary/aromatic N) is 2. The van der Waals surface area contributed by atoms with Crippen LogP contribution in [0.5, 0.6) is 0 Å². The highest BCUT2D eigenvalue weighted by Crippen LogP contribution is 2.44. The van der Waals surface area contributed by atoms with E-state index < -0.39 is 0 Å². The summed E-state index contributed by atoms with van der Waals surface area (Å²) in [7, 11) is 2.19. The van der Waals surface area contributed by atoms with Gasteiger partial charge in [0.05, 0.1) is 12.2 Å². The van der Waals surface area contributed by atoms with Crippen LogP contribution in [0.25, 0.3) is 0 Å². The minimum Gasteiger partial charge on any atom is -0.466 e. The molecule has 4 rings (SSSR count). The van der Waals surface area contributed by atoms with Crippen LogP contribution < -0.4 is 0 Å². The van der Waals surface area contributed by atoms with Crippen molar-refractivity contribution < 1.29 is 13.9 Å². The van der Waals surface area contributed by atoms with E-state index in [1.807, 2.05) is 24.8 Å². The molecule has 0 aromatic carbocycles. The molecule has 2 aliphatic heterocycles. The zero-order valence-electron chi connectivity index (χ0n) is 15.7. The van der Waals surface area contributed by atoms with Gasteiger partial charge in [-0.05, 0) is 52.1 Å². The molecule has 1 aromatic heterocycles. The third kappa shape index (κ3) is 3.36. The molecular formula is C20H30N2O3. The van der Waals surface area contributed by atoms with Crippen molar-refractivity contribution in [1.29, 1.82) is 0 Å². The molecule has 3 heterocycles. The lowest BCUT2D eigenvalue weighted by Crippen LogP contribution is -2.38. The van der Waals surface area contributed by atoms with E-state index >= 15 is 0 Å². The topological polar surface area (TPSA) is 45.9 Å². The van der Waals surface area contributed by atoms with Gasteiger partial charge in [0.25, 0.3) is 5.91 Å². The summed E-state index contributed by atoms with van der Waals surface area (Å²) in [6.45, 7) is 9.37. The van der Waals surface area contributed by atoms with Gasteiger partial charge in [-0.2, -0.15) is 0 Å². The third-order valence-corrected chi connectivity index (χ3v) is 6.30. The Balaban J connectivity index is 1.43. The van der Waals surface area contributed by atoms with Crippen LogP contribution in [0, 0.1) is 31.1 Å². The van der Waals surface area contributed by atoms with E-state index in [9.17, 15) is 4.79 Å². The van der Waals surface area contributed by atoms with E-state index in [1.54, 1.807) is 0 Å². The second kappa shape index (κ2) is 6.44. The standard InChI is InChI=1S/C20H30N2O3/c1-14-8-18(15(2)25-14)19(23)22-7-6-20(13-22)12-21(3)9-17(20)11-24-10-16-4-5-16/h8,16-17H,4-7,9-13H2,1-3H3/t17-,20+/m0/s1.